The molecule has 1 fully saturated rings. The average Bonchev–Trinajstić information content (AvgIpc) is 2.44. The van der Waals surface area contributed by atoms with E-state index in [0.29, 0.717) is 13.1 Å². The molecule has 0 spiro atoms. The molecule has 1 aromatic rings. The predicted molar refractivity (Wildman–Crippen MR) is 78.5 cm³/mol. The van der Waals surface area contributed by atoms with Crippen LogP contribution in [0.3, 0.4) is 0 Å². The van der Waals surface area contributed by atoms with Gasteiger partial charge in [-0.15, -0.1) is 0 Å². The number of carbonyl (C=O) groups excluding carboxylic acids is 1. The quantitative estimate of drug-likeness (QED) is 0.859. The Labute approximate surface area is 119 Å². The SMILES string of the molecule is COc1cccc(/C=C/C(=O)N2CCCC(C)(O)C2)c1. The minimum Gasteiger partial charge on any atom is -0.497 e. The molecule has 1 atom stereocenters. The Morgan fingerprint density at radius 2 is 2.30 bits per heavy atom. The summed E-state index contributed by atoms with van der Waals surface area (Å²) in [5, 5.41) is 10.0. The lowest BCUT2D eigenvalue weighted by Crippen LogP contribution is -2.48. The zero-order chi connectivity index (χ0) is 14.6. The van der Waals surface area contributed by atoms with Crippen molar-refractivity contribution in [1.82, 2.24) is 4.90 Å². The maximum absolute atomic E-state index is 12.1. The van der Waals surface area contributed by atoms with Gasteiger partial charge in [0.2, 0.25) is 5.91 Å². The van der Waals surface area contributed by atoms with Crippen LogP contribution in [-0.2, 0) is 4.79 Å². The van der Waals surface area contributed by atoms with Crippen molar-refractivity contribution in [1.29, 1.82) is 0 Å². The van der Waals surface area contributed by atoms with E-state index in [4.69, 9.17) is 4.74 Å². The van der Waals surface area contributed by atoms with E-state index < -0.39 is 5.60 Å². The van der Waals surface area contributed by atoms with Crippen molar-refractivity contribution < 1.29 is 14.6 Å². The zero-order valence-corrected chi connectivity index (χ0v) is 12.0. The molecule has 1 aliphatic rings. The Morgan fingerprint density at radius 3 is 3.00 bits per heavy atom. The highest BCUT2D eigenvalue weighted by molar-refractivity contribution is 5.92. The Morgan fingerprint density at radius 1 is 1.50 bits per heavy atom. The van der Waals surface area contributed by atoms with Crippen LogP contribution in [0.4, 0.5) is 0 Å². The van der Waals surface area contributed by atoms with Gasteiger partial charge in [0, 0.05) is 19.2 Å². The number of β-amino-alcohol motifs (C(OH)–C–C–N with tert-alkyl or cyclic N) is 1. The summed E-state index contributed by atoms with van der Waals surface area (Å²) in [5.74, 6) is 0.702. The fourth-order valence-electron chi connectivity index (χ4n) is 2.43. The summed E-state index contributed by atoms with van der Waals surface area (Å²) < 4.78 is 5.14. The van der Waals surface area contributed by atoms with Gasteiger partial charge in [-0.05, 0) is 43.5 Å². The monoisotopic (exact) mass is 275 g/mol. The second-order valence-electron chi connectivity index (χ2n) is 5.47. The van der Waals surface area contributed by atoms with Crippen molar-refractivity contribution in [3.63, 3.8) is 0 Å². The van der Waals surface area contributed by atoms with Crippen LogP contribution in [0.2, 0.25) is 0 Å². The van der Waals surface area contributed by atoms with Gasteiger partial charge in [-0.1, -0.05) is 12.1 Å². The molecule has 108 valence electrons. The molecule has 0 aromatic heterocycles. The normalized spacial score (nSPS) is 23.1. The lowest BCUT2D eigenvalue weighted by molar-refractivity contribution is -0.132. The molecule has 20 heavy (non-hydrogen) atoms. The first-order valence-electron chi connectivity index (χ1n) is 6.84. The van der Waals surface area contributed by atoms with E-state index in [1.807, 2.05) is 24.3 Å². The molecule has 4 nitrogen and oxygen atoms in total. The number of amides is 1. The molecule has 1 amide bonds. The van der Waals surface area contributed by atoms with Crippen molar-refractivity contribution in [3.05, 3.63) is 35.9 Å². The lowest BCUT2D eigenvalue weighted by atomic mass is 9.95. The Kier molecular flexibility index (Phi) is 4.45. The van der Waals surface area contributed by atoms with Gasteiger partial charge in [0.1, 0.15) is 5.75 Å². The molecule has 0 saturated carbocycles. The van der Waals surface area contributed by atoms with E-state index in [0.717, 1.165) is 24.2 Å². The van der Waals surface area contributed by atoms with Crippen LogP contribution < -0.4 is 4.74 Å². The molecule has 1 unspecified atom stereocenters. The maximum atomic E-state index is 12.1. The topological polar surface area (TPSA) is 49.8 Å². The van der Waals surface area contributed by atoms with E-state index in [2.05, 4.69) is 0 Å². The molecule has 1 aromatic carbocycles. The van der Waals surface area contributed by atoms with E-state index in [9.17, 15) is 9.90 Å². The minimum atomic E-state index is -0.766. The van der Waals surface area contributed by atoms with Gasteiger partial charge in [-0.3, -0.25) is 4.79 Å². The van der Waals surface area contributed by atoms with Crippen LogP contribution in [-0.4, -0.2) is 41.7 Å². The fourth-order valence-corrected chi connectivity index (χ4v) is 2.43. The summed E-state index contributed by atoms with van der Waals surface area (Å²) in [4.78, 5) is 13.8. The van der Waals surface area contributed by atoms with Crippen LogP contribution in [0, 0.1) is 0 Å². The van der Waals surface area contributed by atoms with E-state index in [1.54, 1.807) is 31.1 Å². The van der Waals surface area contributed by atoms with Crippen molar-refractivity contribution in [3.8, 4) is 5.75 Å². The van der Waals surface area contributed by atoms with E-state index in [1.165, 1.54) is 0 Å². The van der Waals surface area contributed by atoms with Crippen molar-refractivity contribution in [2.24, 2.45) is 0 Å². The van der Waals surface area contributed by atoms with Gasteiger partial charge in [-0.2, -0.15) is 0 Å². The summed E-state index contributed by atoms with van der Waals surface area (Å²) >= 11 is 0. The number of benzene rings is 1. The van der Waals surface area contributed by atoms with Crippen LogP contribution in [0.1, 0.15) is 25.3 Å². The van der Waals surface area contributed by atoms with Gasteiger partial charge < -0.3 is 14.7 Å². The minimum absolute atomic E-state index is 0.0622. The third kappa shape index (κ3) is 3.84. The molecule has 4 heteroatoms. The first-order chi connectivity index (χ1) is 9.50. The summed E-state index contributed by atoms with van der Waals surface area (Å²) in [6.07, 6.45) is 4.91. The standard InChI is InChI=1S/C16H21NO3/c1-16(19)9-4-10-17(12-16)15(18)8-7-13-5-3-6-14(11-13)20-2/h3,5-8,11,19H,4,9-10,12H2,1-2H3/b8-7+. The third-order valence-corrected chi connectivity index (χ3v) is 3.50. The number of likely N-dealkylation sites (tertiary alicyclic amines) is 1. The first-order valence-corrected chi connectivity index (χ1v) is 6.84. The van der Waals surface area contributed by atoms with Gasteiger partial charge >= 0.3 is 0 Å². The van der Waals surface area contributed by atoms with Crippen molar-refractivity contribution in [2.75, 3.05) is 20.2 Å². The number of methoxy groups -OCH3 is 1. The third-order valence-electron chi connectivity index (χ3n) is 3.50. The number of hydrogen-bond donors (Lipinski definition) is 1. The summed E-state index contributed by atoms with van der Waals surface area (Å²) in [6.45, 7) is 2.88. The van der Waals surface area contributed by atoms with Crippen LogP contribution in [0.25, 0.3) is 6.08 Å². The number of aliphatic hydroxyl groups is 1. The number of hydrogen-bond acceptors (Lipinski definition) is 3. The highest BCUT2D eigenvalue weighted by Crippen LogP contribution is 2.20. The van der Waals surface area contributed by atoms with E-state index >= 15 is 0 Å². The second-order valence-corrected chi connectivity index (χ2v) is 5.47. The number of carbonyl (C=O) groups is 1. The van der Waals surface area contributed by atoms with Crippen LogP contribution in [0.5, 0.6) is 5.75 Å². The average molecular weight is 275 g/mol. The van der Waals surface area contributed by atoms with Gasteiger partial charge in [0.15, 0.2) is 0 Å². The van der Waals surface area contributed by atoms with Crippen LogP contribution in [0.15, 0.2) is 30.3 Å². The predicted octanol–water partition coefficient (Wildman–Crippen LogP) is 2.08. The molecule has 2 rings (SSSR count). The van der Waals surface area contributed by atoms with Crippen molar-refractivity contribution >= 4 is 12.0 Å². The molecule has 0 bridgehead atoms. The molecule has 0 aliphatic carbocycles. The lowest BCUT2D eigenvalue weighted by Gasteiger charge is -2.36. The second kappa shape index (κ2) is 6.09. The molecule has 1 N–H and O–H groups in total. The largest absolute Gasteiger partial charge is 0.497 e. The molecule has 1 saturated heterocycles. The Bertz CT molecular complexity index is 508. The van der Waals surface area contributed by atoms with Gasteiger partial charge in [0.05, 0.1) is 12.7 Å². The van der Waals surface area contributed by atoms with Crippen LogP contribution >= 0.6 is 0 Å². The number of nitrogens with zero attached hydrogens (tertiary/aromatic N) is 1. The van der Waals surface area contributed by atoms with Gasteiger partial charge in [-0.25, -0.2) is 0 Å². The van der Waals surface area contributed by atoms with Crippen molar-refractivity contribution in [2.45, 2.75) is 25.4 Å². The molecular weight excluding hydrogens is 254 g/mol. The first kappa shape index (κ1) is 14.6. The van der Waals surface area contributed by atoms with E-state index in [-0.39, 0.29) is 5.91 Å². The highest BCUT2D eigenvalue weighted by atomic mass is 16.5. The summed E-state index contributed by atoms with van der Waals surface area (Å²) in [7, 11) is 1.61. The molecule has 1 aliphatic heterocycles. The Hall–Kier alpha value is -1.81. The smallest absolute Gasteiger partial charge is 0.246 e. The Balaban J connectivity index is 2.01. The molecule has 0 radical (unpaired) electrons. The fraction of sp³-hybridized carbons (Fsp3) is 0.438. The molecular formula is C16H21NO3. The summed E-state index contributed by atoms with van der Waals surface area (Å²) in [6, 6.07) is 7.53. The number of piperidine rings is 1. The number of rotatable bonds is 3. The van der Waals surface area contributed by atoms with Gasteiger partial charge in [0.25, 0.3) is 0 Å². The summed E-state index contributed by atoms with van der Waals surface area (Å²) in [5.41, 5.74) is 0.152. The highest BCUT2D eigenvalue weighted by Gasteiger charge is 2.29. The zero-order valence-electron chi connectivity index (χ0n) is 12.0. The number of ether oxygens (including phenoxy) is 1. The maximum Gasteiger partial charge on any atom is 0.246 e. The molecule has 1 heterocycles.